The van der Waals surface area contributed by atoms with E-state index in [0.717, 1.165) is 25.7 Å². The molecule has 0 aliphatic carbocycles. The number of carbonyl (C=O) groups is 1. The van der Waals surface area contributed by atoms with Crippen molar-refractivity contribution in [3.63, 3.8) is 0 Å². The summed E-state index contributed by atoms with van der Waals surface area (Å²) in [6.45, 7) is 0.0388. The Morgan fingerprint density at radius 2 is 1.58 bits per heavy atom. The van der Waals surface area contributed by atoms with Crippen LogP contribution in [0.25, 0.3) is 0 Å². The van der Waals surface area contributed by atoms with Crippen LogP contribution < -0.4 is 0 Å². The van der Waals surface area contributed by atoms with Gasteiger partial charge in [-0.1, -0.05) is 56.0 Å². The van der Waals surface area contributed by atoms with E-state index < -0.39 is 15.9 Å². The molecule has 0 heterocycles. The van der Waals surface area contributed by atoms with Crippen molar-refractivity contribution < 1.29 is 17.8 Å². The lowest BCUT2D eigenvalue weighted by atomic mass is 10.0. The summed E-state index contributed by atoms with van der Waals surface area (Å²) < 4.78 is 30.0. The summed E-state index contributed by atoms with van der Waals surface area (Å²) in [5.41, 5.74) is 1.39. The fourth-order valence-corrected chi connectivity index (χ4v) is 3.03. The SMILES string of the molecule is CN(CCS(=O)(=O)O)C(=O)CCCCCCCCc1ccccc1. The first-order chi connectivity index (χ1) is 11.4. The first kappa shape index (κ1) is 20.6. The number of rotatable bonds is 12. The van der Waals surface area contributed by atoms with Crippen LogP contribution in [0.1, 0.15) is 50.5 Å². The van der Waals surface area contributed by atoms with E-state index >= 15 is 0 Å². The van der Waals surface area contributed by atoms with Gasteiger partial charge in [0.05, 0.1) is 5.75 Å². The number of hydrogen-bond acceptors (Lipinski definition) is 3. The summed E-state index contributed by atoms with van der Waals surface area (Å²) in [6.07, 6.45) is 8.11. The zero-order valence-electron chi connectivity index (χ0n) is 14.5. The summed E-state index contributed by atoms with van der Waals surface area (Å²) in [6, 6.07) is 10.5. The summed E-state index contributed by atoms with van der Waals surface area (Å²) in [5, 5.41) is 0. The van der Waals surface area contributed by atoms with E-state index in [9.17, 15) is 13.2 Å². The molecule has 0 bridgehead atoms. The fourth-order valence-electron chi connectivity index (χ4n) is 2.52. The van der Waals surface area contributed by atoms with E-state index in [1.807, 2.05) is 6.07 Å². The molecule has 1 aromatic rings. The summed E-state index contributed by atoms with van der Waals surface area (Å²) in [4.78, 5) is 13.2. The van der Waals surface area contributed by atoms with E-state index in [-0.39, 0.29) is 12.5 Å². The number of aryl methyl sites for hydroxylation is 1. The number of unbranched alkanes of at least 4 members (excludes halogenated alkanes) is 5. The van der Waals surface area contributed by atoms with E-state index in [2.05, 4.69) is 24.3 Å². The largest absolute Gasteiger partial charge is 0.345 e. The minimum Gasteiger partial charge on any atom is -0.345 e. The Kier molecular flexibility index (Phi) is 9.64. The third kappa shape index (κ3) is 10.4. The molecule has 1 aromatic carbocycles. The molecule has 0 radical (unpaired) electrons. The first-order valence-corrected chi connectivity index (χ1v) is 10.2. The van der Waals surface area contributed by atoms with Crippen molar-refractivity contribution in [3.05, 3.63) is 35.9 Å². The van der Waals surface area contributed by atoms with Gasteiger partial charge in [0.25, 0.3) is 10.1 Å². The predicted octanol–water partition coefficient (Wildman–Crippen LogP) is 3.31. The number of carbonyl (C=O) groups excluding carboxylic acids is 1. The zero-order valence-corrected chi connectivity index (χ0v) is 15.3. The minimum absolute atomic E-state index is 0.0388. The Morgan fingerprint density at radius 1 is 1.00 bits per heavy atom. The topological polar surface area (TPSA) is 74.7 Å². The van der Waals surface area contributed by atoms with E-state index in [0.29, 0.717) is 6.42 Å². The molecule has 6 heteroatoms. The van der Waals surface area contributed by atoms with Crippen molar-refractivity contribution >= 4 is 16.0 Å². The summed E-state index contributed by atoms with van der Waals surface area (Å²) in [5.74, 6) is -0.473. The molecule has 1 N–H and O–H groups in total. The fraction of sp³-hybridized carbons (Fsp3) is 0.611. The minimum atomic E-state index is -4.00. The van der Waals surface area contributed by atoms with Crippen molar-refractivity contribution in [1.82, 2.24) is 4.90 Å². The lowest BCUT2D eigenvalue weighted by Crippen LogP contribution is -2.31. The molecule has 1 amide bonds. The van der Waals surface area contributed by atoms with Gasteiger partial charge in [-0.2, -0.15) is 8.42 Å². The smallest absolute Gasteiger partial charge is 0.266 e. The molecule has 5 nitrogen and oxygen atoms in total. The van der Waals surface area contributed by atoms with Crippen LogP contribution in [0.4, 0.5) is 0 Å². The van der Waals surface area contributed by atoms with E-state index in [1.165, 1.54) is 29.7 Å². The lowest BCUT2D eigenvalue weighted by Gasteiger charge is -2.16. The highest BCUT2D eigenvalue weighted by molar-refractivity contribution is 7.85. The molecule has 0 saturated heterocycles. The third-order valence-electron chi connectivity index (χ3n) is 4.06. The van der Waals surface area contributed by atoms with Gasteiger partial charge in [0.1, 0.15) is 0 Å². The van der Waals surface area contributed by atoms with Crippen LogP contribution in [-0.4, -0.2) is 43.1 Å². The van der Waals surface area contributed by atoms with Crippen LogP contribution in [0, 0.1) is 0 Å². The standard InChI is InChI=1S/C18H29NO4S/c1-19(15-16-24(21,22)23)18(20)14-10-5-3-2-4-7-11-17-12-8-6-9-13-17/h6,8-9,12-13H,2-5,7,10-11,14-16H2,1H3,(H,21,22,23). The average molecular weight is 356 g/mol. The van der Waals surface area contributed by atoms with E-state index in [1.54, 1.807) is 7.05 Å². The maximum absolute atomic E-state index is 11.8. The number of amides is 1. The van der Waals surface area contributed by atoms with Crippen LogP contribution in [0.3, 0.4) is 0 Å². The second kappa shape index (κ2) is 11.2. The van der Waals surface area contributed by atoms with Crippen LogP contribution in [0.15, 0.2) is 30.3 Å². The Balaban J connectivity index is 1.98. The number of hydrogen-bond donors (Lipinski definition) is 1. The Hall–Kier alpha value is -1.40. The first-order valence-electron chi connectivity index (χ1n) is 8.61. The van der Waals surface area contributed by atoms with Gasteiger partial charge >= 0.3 is 0 Å². The highest BCUT2D eigenvalue weighted by atomic mass is 32.2. The van der Waals surface area contributed by atoms with Gasteiger partial charge in [0, 0.05) is 20.0 Å². The zero-order chi connectivity index (χ0) is 17.8. The van der Waals surface area contributed by atoms with Gasteiger partial charge in [-0.15, -0.1) is 0 Å². The summed E-state index contributed by atoms with van der Waals surface area (Å²) >= 11 is 0. The third-order valence-corrected chi connectivity index (χ3v) is 4.76. The molecule has 0 unspecified atom stereocenters. The Labute approximate surface area is 145 Å². The van der Waals surface area contributed by atoms with Crippen molar-refractivity contribution in [2.75, 3.05) is 19.3 Å². The van der Waals surface area contributed by atoms with Gasteiger partial charge in [-0.05, 0) is 24.8 Å². The second-order valence-electron chi connectivity index (χ2n) is 6.21. The molecule has 24 heavy (non-hydrogen) atoms. The molecule has 0 fully saturated rings. The number of nitrogens with zero attached hydrogens (tertiary/aromatic N) is 1. The Morgan fingerprint density at radius 3 is 2.21 bits per heavy atom. The van der Waals surface area contributed by atoms with Gasteiger partial charge in [0.15, 0.2) is 0 Å². The molecular weight excluding hydrogens is 326 g/mol. The molecule has 0 aromatic heterocycles. The van der Waals surface area contributed by atoms with E-state index in [4.69, 9.17) is 4.55 Å². The van der Waals surface area contributed by atoms with Crippen LogP contribution >= 0.6 is 0 Å². The molecular formula is C18H29NO4S. The van der Waals surface area contributed by atoms with Crippen molar-refractivity contribution in [2.24, 2.45) is 0 Å². The molecule has 0 aliphatic rings. The predicted molar refractivity (Wildman–Crippen MR) is 96.5 cm³/mol. The van der Waals surface area contributed by atoms with Crippen LogP contribution in [-0.2, 0) is 21.3 Å². The maximum Gasteiger partial charge on any atom is 0.266 e. The second-order valence-corrected chi connectivity index (χ2v) is 7.78. The van der Waals surface area contributed by atoms with Crippen molar-refractivity contribution in [2.45, 2.75) is 51.4 Å². The molecule has 136 valence electrons. The quantitative estimate of drug-likeness (QED) is 0.461. The highest BCUT2D eigenvalue weighted by Crippen LogP contribution is 2.11. The monoisotopic (exact) mass is 355 g/mol. The molecule has 0 aliphatic heterocycles. The van der Waals surface area contributed by atoms with Crippen LogP contribution in [0.2, 0.25) is 0 Å². The number of benzene rings is 1. The van der Waals surface area contributed by atoms with Gasteiger partial charge in [-0.3, -0.25) is 9.35 Å². The molecule has 0 saturated carbocycles. The molecule has 1 rings (SSSR count). The summed E-state index contributed by atoms with van der Waals surface area (Å²) in [7, 11) is -2.44. The van der Waals surface area contributed by atoms with Crippen molar-refractivity contribution in [3.8, 4) is 0 Å². The lowest BCUT2D eigenvalue weighted by molar-refractivity contribution is -0.129. The van der Waals surface area contributed by atoms with Crippen LogP contribution in [0.5, 0.6) is 0 Å². The Bertz CT molecular complexity index is 572. The molecule has 0 spiro atoms. The normalized spacial score (nSPS) is 11.4. The van der Waals surface area contributed by atoms with Gasteiger partial charge in [-0.25, -0.2) is 0 Å². The van der Waals surface area contributed by atoms with Crippen molar-refractivity contribution in [1.29, 1.82) is 0 Å². The maximum atomic E-state index is 11.8. The van der Waals surface area contributed by atoms with Gasteiger partial charge in [0.2, 0.25) is 5.91 Å². The van der Waals surface area contributed by atoms with Gasteiger partial charge < -0.3 is 4.90 Å². The average Bonchev–Trinajstić information content (AvgIpc) is 2.55. The highest BCUT2D eigenvalue weighted by Gasteiger charge is 2.12. The molecule has 0 atom stereocenters.